The zero-order valence-corrected chi connectivity index (χ0v) is 16.3. The molecule has 0 aliphatic rings. The highest BCUT2D eigenvalue weighted by atomic mass is 32.2. The molecule has 138 valence electrons. The predicted octanol–water partition coefficient (Wildman–Crippen LogP) is 3.43. The number of imidazole rings is 1. The average Bonchev–Trinajstić information content (AvgIpc) is 3.07. The van der Waals surface area contributed by atoms with E-state index in [4.69, 9.17) is 4.74 Å². The molecule has 0 aliphatic carbocycles. The van der Waals surface area contributed by atoms with Gasteiger partial charge < -0.3 is 19.3 Å². The van der Waals surface area contributed by atoms with Crippen LogP contribution in [0.5, 0.6) is 5.75 Å². The number of pyridine rings is 1. The van der Waals surface area contributed by atoms with E-state index >= 15 is 0 Å². The number of benzene rings is 2. The predicted molar refractivity (Wildman–Crippen MR) is 108 cm³/mol. The van der Waals surface area contributed by atoms with Crippen molar-refractivity contribution in [1.82, 2.24) is 15.0 Å². The first-order chi connectivity index (χ1) is 12.9. The molecule has 2 N–H and O–H groups in total. The van der Waals surface area contributed by atoms with Gasteiger partial charge in [0.1, 0.15) is 17.8 Å². The smallest absolute Gasteiger partial charge is 0.256 e. The first-order valence-electron chi connectivity index (χ1n) is 8.44. The monoisotopic (exact) mass is 381 g/mol. The topological polar surface area (TPSA) is 93.8 Å². The van der Waals surface area contributed by atoms with Gasteiger partial charge in [-0.05, 0) is 60.2 Å². The van der Waals surface area contributed by atoms with Crippen molar-refractivity contribution in [2.24, 2.45) is 0 Å². The van der Waals surface area contributed by atoms with E-state index in [-0.39, 0.29) is 5.56 Å². The maximum Gasteiger partial charge on any atom is 0.256 e. The molecular formula is C20H19N3O3S. The molecule has 27 heavy (non-hydrogen) atoms. The van der Waals surface area contributed by atoms with Gasteiger partial charge in [-0.25, -0.2) is 4.98 Å². The molecule has 2 aromatic heterocycles. The third-order valence-corrected chi connectivity index (χ3v) is 5.81. The van der Waals surface area contributed by atoms with Crippen LogP contribution in [0.25, 0.3) is 33.2 Å². The number of methoxy groups -OCH3 is 1. The lowest BCUT2D eigenvalue weighted by Crippen LogP contribution is -2.09. The molecule has 4 rings (SSSR count). The van der Waals surface area contributed by atoms with Crippen LogP contribution in [0.4, 0.5) is 0 Å². The number of hydrogen-bond acceptors (Lipinski definition) is 4. The Morgan fingerprint density at radius 3 is 2.59 bits per heavy atom. The van der Waals surface area contributed by atoms with E-state index < -0.39 is 11.2 Å². The fourth-order valence-electron chi connectivity index (χ4n) is 3.26. The summed E-state index contributed by atoms with van der Waals surface area (Å²) in [6.07, 6.45) is 1.63. The van der Waals surface area contributed by atoms with Crippen molar-refractivity contribution in [3.05, 3.63) is 51.9 Å². The number of nitrogens with one attached hydrogen (secondary N) is 2. The zero-order chi connectivity index (χ0) is 19.3. The van der Waals surface area contributed by atoms with Crippen molar-refractivity contribution in [1.29, 1.82) is 0 Å². The minimum absolute atomic E-state index is 0.119. The molecule has 6 nitrogen and oxygen atoms in total. The minimum atomic E-state index is -1.09. The SMILES string of the molecule is COc1cc([S+](C)[O-])ccc1-c1nc2cc3c(=O)[nH]c(C)c(C)c3cc2[nH]1. The highest BCUT2D eigenvalue weighted by molar-refractivity contribution is 7.90. The van der Waals surface area contributed by atoms with Crippen LogP contribution in [-0.4, -0.2) is 32.9 Å². The summed E-state index contributed by atoms with van der Waals surface area (Å²) in [5, 5.41) is 1.52. The summed E-state index contributed by atoms with van der Waals surface area (Å²) in [7, 11) is 1.57. The zero-order valence-electron chi connectivity index (χ0n) is 15.5. The number of rotatable bonds is 3. The van der Waals surface area contributed by atoms with E-state index in [0.717, 1.165) is 27.7 Å². The van der Waals surface area contributed by atoms with Crippen LogP contribution in [0, 0.1) is 13.8 Å². The highest BCUT2D eigenvalue weighted by Crippen LogP contribution is 2.32. The van der Waals surface area contributed by atoms with Gasteiger partial charge in [-0.1, -0.05) is 0 Å². The lowest BCUT2D eigenvalue weighted by atomic mass is 10.1. The largest absolute Gasteiger partial charge is 0.612 e. The first kappa shape index (κ1) is 17.6. The number of aromatic nitrogens is 3. The standard InChI is InChI=1S/C20H19N3O3S/c1-10-11(2)21-20(24)15-9-17-16(8-14(10)15)22-19(23-17)13-6-5-12(27(4)25)7-18(13)26-3/h5-9H,1-4H3,(H,21,24)(H,22,23). The molecule has 0 radical (unpaired) electrons. The molecule has 7 heteroatoms. The van der Waals surface area contributed by atoms with Crippen molar-refractivity contribution in [2.75, 3.05) is 13.4 Å². The van der Waals surface area contributed by atoms with E-state index in [9.17, 15) is 9.35 Å². The highest BCUT2D eigenvalue weighted by Gasteiger charge is 2.16. The van der Waals surface area contributed by atoms with Gasteiger partial charge in [0, 0.05) is 17.1 Å². The van der Waals surface area contributed by atoms with Crippen molar-refractivity contribution >= 4 is 33.0 Å². The molecule has 0 amide bonds. The lowest BCUT2D eigenvalue weighted by Gasteiger charge is -2.09. The quantitative estimate of drug-likeness (QED) is 0.532. The van der Waals surface area contributed by atoms with Gasteiger partial charge in [-0.15, -0.1) is 0 Å². The van der Waals surface area contributed by atoms with Gasteiger partial charge in [-0.2, -0.15) is 0 Å². The van der Waals surface area contributed by atoms with Crippen molar-refractivity contribution in [2.45, 2.75) is 18.7 Å². The molecule has 1 unspecified atom stereocenters. The first-order valence-corrected chi connectivity index (χ1v) is 9.99. The second-order valence-corrected chi connectivity index (χ2v) is 7.90. The van der Waals surface area contributed by atoms with Gasteiger partial charge in [0.2, 0.25) is 0 Å². The van der Waals surface area contributed by atoms with Gasteiger partial charge in [0.15, 0.2) is 4.90 Å². The molecule has 0 aliphatic heterocycles. The summed E-state index contributed by atoms with van der Waals surface area (Å²) >= 11 is -1.09. The minimum Gasteiger partial charge on any atom is -0.612 e. The Morgan fingerprint density at radius 2 is 1.89 bits per heavy atom. The summed E-state index contributed by atoms with van der Waals surface area (Å²) in [6.45, 7) is 3.88. The molecule has 4 aromatic rings. The van der Waals surface area contributed by atoms with E-state index in [1.165, 1.54) is 0 Å². The Bertz CT molecular complexity index is 1240. The third-order valence-electron chi connectivity index (χ3n) is 4.89. The summed E-state index contributed by atoms with van der Waals surface area (Å²) in [4.78, 5) is 23.9. The van der Waals surface area contributed by atoms with Crippen LogP contribution < -0.4 is 10.3 Å². The number of nitrogens with zero attached hydrogens (tertiary/aromatic N) is 1. The second-order valence-electron chi connectivity index (χ2n) is 6.52. The maximum absolute atomic E-state index is 12.3. The summed E-state index contributed by atoms with van der Waals surface area (Å²) in [6, 6.07) is 9.16. The van der Waals surface area contributed by atoms with Crippen molar-refractivity contribution in [3.63, 3.8) is 0 Å². The fraction of sp³-hybridized carbons (Fsp3) is 0.200. The summed E-state index contributed by atoms with van der Waals surface area (Å²) in [5.41, 5.74) is 4.10. The average molecular weight is 381 g/mol. The maximum atomic E-state index is 12.3. The molecule has 2 aromatic carbocycles. The number of ether oxygens (including phenoxy) is 1. The Kier molecular flexibility index (Phi) is 4.20. The molecule has 0 saturated carbocycles. The lowest BCUT2D eigenvalue weighted by molar-refractivity contribution is 0.415. The fourth-order valence-corrected chi connectivity index (χ4v) is 3.79. The molecule has 0 saturated heterocycles. The molecule has 2 heterocycles. The molecule has 1 atom stereocenters. The van der Waals surface area contributed by atoms with E-state index in [2.05, 4.69) is 15.0 Å². The molecule has 0 spiro atoms. The number of H-pyrrole nitrogens is 2. The van der Waals surface area contributed by atoms with E-state index in [1.54, 1.807) is 31.6 Å². The Hall–Kier alpha value is -2.77. The Balaban J connectivity index is 1.94. The van der Waals surface area contributed by atoms with Gasteiger partial charge in [-0.3, -0.25) is 4.79 Å². The third kappa shape index (κ3) is 2.89. The Labute approximate surface area is 158 Å². The molecular weight excluding hydrogens is 362 g/mol. The van der Waals surface area contributed by atoms with Gasteiger partial charge in [0.05, 0.1) is 23.7 Å². The number of aryl methyl sites for hydroxylation is 2. The van der Waals surface area contributed by atoms with Gasteiger partial charge in [0.25, 0.3) is 5.56 Å². The van der Waals surface area contributed by atoms with Crippen LogP contribution in [0.3, 0.4) is 0 Å². The molecule has 0 fully saturated rings. The number of aromatic amines is 2. The van der Waals surface area contributed by atoms with Crippen molar-refractivity contribution < 1.29 is 9.29 Å². The molecule has 0 bridgehead atoms. The number of fused-ring (bicyclic) bond motifs is 2. The number of hydrogen-bond donors (Lipinski definition) is 2. The van der Waals surface area contributed by atoms with Crippen LogP contribution >= 0.6 is 0 Å². The normalized spacial score (nSPS) is 12.6. The van der Waals surface area contributed by atoms with Gasteiger partial charge >= 0.3 is 0 Å². The second kappa shape index (κ2) is 6.44. The van der Waals surface area contributed by atoms with E-state index in [0.29, 0.717) is 27.4 Å². The van der Waals surface area contributed by atoms with E-state index in [1.807, 2.05) is 26.0 Å². The Morgan fingerprint density at radius 1 is 1.11 bits per heavy atom. The van der Waals surface area contributed by atoms with Crippen molar-refractivity contribution in [3.8, 4) is 17.1 Å². The van der Waals surface area contributed by atoms with Crippen LogP contribution in [-0.2, 0) is 11.2 Å². The van der Waals surface area contributed by atoms with Crippen LogP contribution in [0.2, 0.25) is 0 Å². The summed E-state index contributed by atoms with van der Waals surface area (Å²) < 4.78 is 17.2. The van der Waals surface area contributed by atoms with Crippen LogP contribution in [0.15, 0.2) is 40.0 Å². The summed E-state index contributed by atoms with van der Waals surface area (Å²) in [5.74, 6) is 1.23. The van der Waals surface area contributed by atoms with Crippen LogP contribution in [0.1, 0.15) is 11.3 Å².